The molecule has 0 spiro atoms. The molecular formula is C16H20O3. The Balaban J connectivity index is 2.24. The van der Waals surface area contributed by atoms with Crippen LogP contribution in [0.5, 0.6) is 11.5 Å². The zero-order valence-corrected chi connectivity index (χ0v) is 11.6. The summed E-state index contributed by atoms with van der Waals surface area (Å²) in [6.45, 7) is 2.07. The molecule has 0 saturated heterocycles. The molecule has 1 heterocycles. The second-order valence-corrected chi connectivity index (χ2v) is 4.89. The number of rotatable bonds is 1. The molecule has 0 atom stereocenters. The van der Waals surface area contributed by atoms with Gasteiger partial charge in [0.05, 0.1) is 7.11 Å². The lowest BCUT2D eigenvalue weighted by atomic mass is 10.1. The normalized spacial score (nSPS) is 16.7. The molecule has 1 aromatic rings. The Labute approximate surface area is 114 Å². The van der Waals surface area contributed by atoms with Crippen LogP contribution in [0.25, 0.3) is 0 Å². The van der Waals surface area contributed by atoms with Gasteiger partial charge in [0, 0.05) is 6.42 Å². The Morgan fingerprint density at radius 1 is 1.21 bits per heavy atom. The smallest absolute Gasteiger partial charge is 0.311 e. The summed E-state index contributed by atoms with van der Waals surface area (Å²) in [5.74, 6) is 1.31. The van der Waals surface area contributed by atoms with E-state index in [1.54, 1.807) is 7.11 Å². The highest BCUT2D eigenvalue weighted by molar-refractivity contribution is 5.73. The summed E-state index contributed by atoms with van der Waals surface area (Å²) >= 11 is 0. The van der Waals surface area contributed by atoms with Gasteiger partial charge in [-0.3, -0.25) is 4.79 Å². The van der Waals surface area contributed by atoms with Crippen LogP contribution in [0.3, 0.4) is 0 Å². The van der Waals surface area contributed by atoms with Crippen molar-refractivity contribution < 1.29 is 14.3 Å². The van der Waals surface area contributed by atoms with Crippen LogP contribution in [0.15, 0.2) is 29.8 Å². The molecule has 0 aliphatic carbocycles. The third kappa shape index (κ3) is 3.85. The van der Waals surface area contributed by atoms with Gasteiger partial charge in [-0.05, 0) is 56.4 Å². The molecule has 0 aromatic heterocycles. The van der Waals surface area contributed by atoms with Gasteiger partial charge in [0.2, 0.25) is 0 Å². The first-order valence-electron chi connectivity index (χ1n) is 6.72. The van der Waals surface area contributed by atoms with Crippen LogP contribution in [-0.2, 0) is 11.2 Å². The molecule has 0 amide bonds. The predicted molar refractivity (Wildman–Crippen MR) is 74.6 cm³/mol. The second-order valence-electron chi connectivity index (χ2n) is 4.89. The van der Waals surface area contributed by atoms with Gasteiger partial charge >= 0.3 is 5.97 Å². The molecule has 19 heavy (non-hydrogen) atoms. The van der Waals surface area contributed by atoms with Gasteiger partial charge in [-0.25, -0.2) is 0 Å². The average molecular weight is 260 g/mol. The summed E-state index contributed by atoms with van der Waals surface area (Å²) in [7, 11) is 1.64. The number of aryl methyl sites for hydroxylation is 1. The highest BCUT2D eigenvalue weighted by atomic mass is 16.5. The Kier molecular flexibility index (Phi) is 4.61. The fourth-order valence-corrected chi connectivity index (χ4v) is 2.19. The largest absolute Gasteiger partial charge is 0.497 e. The molecule has 0 N–H and O–H groups in total. The maximum Gasteiger partial charge on any atom is 0.311 e. The van der Waals surface area contributed by atoms with E-state index in [4.69, 9.17) is 9.47 Å². The Morgan fingerprint density at radius 3 is 2.84 bits per heavy atom. The van der Waals surface area contributed by atoms with Crippen LogP contribution in [0.2, 0.25) is 0 Å². The summed E-state index contributed by atoms with van der Waals surface area (Å²) < 4.78 is 10.7. The van der Waals surface area contributed by atoms with Crippen LogP contribution in [0.1, 0.15) is 38.2 Å². The summed E-state index contributed by atoms with van der Waals surface area (Å²) in [4.78, 5) is 11.8. The van der Waals surface area contributed by atoms with E-state index in [2.05, 4.69) is 13.0 Å². The topological polar surface area (TPSA) is 35.5 Å². The predicted octanol–water partition coefficient (Wildman–Crippen LogP) is 3.66. The molecular weight excluding hydrogens is 240 g/mol. The molecule has 3 heteroatoms. The minimum Gasteiger partial charge on any atom is -0.497 e. The number of carbonyl (C=O) groups excluding carboxylic acids is 1. The molecule has 0 unspecified atom stereocenters. The number of methoxy groups -OCH3 is 1. The van der Waals surface area contributed by atoms with Crippen LogP contribution in [0, 0.1) is 0 Å². The highest BCUT2D eigenvalue weighted by Crippen LogP contribution is 2.27. The Morgan fingerprint density at radius 2 is 2.05 bits per heavy atom. The van der Waals surface area contributed by atoms with Crippen molar-refractivity contribution in [2.75, 3.05) is 7.11 Å². The molecule has 0 bridgehead atoms. The van der Waals surface area contributed by atoms with Crippen molar-refractivity contribution in [1.29, 1.82) is 0 Å². The van der Waals surface area contributed by atoms with Crippen molar-refractivity contribution in [2.24, 2.45) is 0 Å². The van der Waals surface area contributed by atoms with Crippen molar-refractivity contribution >= 4 is 5.97 Å². The maximum absolute atomic E-state index is 11.8. The summed E-state index contributed by atoms with van der Waals surface area (Å²) in [5.41, 5.74) is 2.31. The van der Waals surface area contributed by atoms with Gasteiger partial charge in [0.25, 0.3) is 0 Å². The van der Waals surface area contributed by atoms with Crippen molar-refractivity contribution in [2.45, 2.75) is 39.0 Å². The Hall–Kier alpha value is -1.77. The molecule has 1 aromatic carbocycles. The third-order valence-corrected chi connectivity index (χ3v) is 3.36. The summed E-state index contributed by atoms with van der Waals surface area (Å²) in [6.07, 6.45) is 6.42. The van der Waals surface area contributed by atoms with Gasteiger partial charge in [0.1, 0.15) is 11.5 Å². The first-order chi connectivity index (χ1) is 9.19. The van der Waals surface area contributed by atoms with Gasteiger partial charge in [-0.15, -0.1) is 0 Å². The lowest BCUT2D eigenvalue weighted by Crippen LogP contribution is -2.09. The lowest BCUT2D eigenvalue weighted by Gasteiger charge is -2.11. The number of benzene rings is 1. The number of allylic oxidation sites excluding steroid dienone is 2. The summed E-state index contributed by atoms with van der Waals surface area (Å²) in [5, 5.41) is 0. The molecule has 2 rings (SSSR count). The number of carbonyl (C=O) groups is 1. The molecule has 0 fully saturated rings. The van der Waals surface area contributed by atoms with Gasteiger partial charge in [-0.2, -0.15) is 0 Å². The first kappa shape index (κ1) is 13.7. The fraction of sp³-hybridized carbons (Fsp3) is 0.438. The minimum atomic E-state index is -0.166. The summed E-state index contributed by atoms with van der Waals surface area (Å²) in [6, 6.07) is 5.61. The number of fused-ring (bicyclic) bond motifs is 1. The number of esters is 1. The van der Waals surface area contributed by atoms with Crippen molar-refractivity contribution in [3.63, 3.8) is 0 Å². The van der Waals surface area contributed by atoms with E-state index in [9.17, 15) is 4.79 Å². The third-order valence-electron chi connectivity index (χ3n) is 3.36. The van der Waals surface area contributed by atoms with E-state index in [1.807, 2.05) is 18.2 Å². The number of hydrogen-bond acceptors (Lipinski definition) is 3. The molecule has 0 saturated carbocycles. The molecule has 102 valence electrons. The van der Waals surface area contributed by atoms with E-state index in [-0.39, 0.29) is 5.97 Å². The number of hydrogen-bond donors (Lipinski definition) is 0. The minimum absolute atomic E-state index is 0.166. The molecule has 1 aliphatic heterocycles. The van der Waals surface area contributed by atoms with E-state index in [0.717, 1.165) is 37.0 Å². The zero-order chi connectivity index (χ0) is 13.7. The molecule has 3 nitrogen and oxygen atoms in total. The van der Waals surface area contributed by atoms with E-state index in [0.29, 0.717) is 12.2 Å². The SMILES string of the molecule is COc1ccc2c(c1)CCCC=C(C)CCC(=O)O2. The lowest BCUT2D eigenvalue weighted by molar-refractivity contribution is -0.134. The van der Waals surface area contributed by atoms with Crippen LogP contribution in [0.4, 0.5) is 0 Å². The standard InChI is InChI=1S/C16H20O3/c1-12-5-3-4-6-13-11-14(18-2)8-9-15(13)19-16(17)10-7-12/h5,8-9,11H,3-4,6-7,10H2,1-2H3. The zero-order valence-electron chi connectivity index (χ0n) is 11.6. The Bertz CT molecular complexity index is 489. The van der Waals surface area contributed by atoms with Crippen LogP contribution in [-0.4, -0.2) is 13.1 Å². The molecule has 1 aliphatic rings. The average Bonchev–Trinajstić information content (AvgIpc) is 2.44. The van der Waals surface area contributed by atoms with Crippen molar-refractivity contribution in [3.05, 3.63) is 35.4 Å². The van der Waals surface area contributed by atoms with E-state index >= 15 is 0 Å². The highest BCUT2D eigenvalue weighted by Gasteiger charge is 2.12. The number of ether oxygens (including phenoxy) is 2. The second kappa shape index (κ2) is 6.41. The van der Waals surface area contributed by atoms with Crippen LogP contribution < -0.4 is 9.47 Å². The van der Waals surface area contributed by atoms with E-state index in [1.165, 1.54) is 5.57 Å². The first-order valence-corrected chi connectivity index (χ1v) is 6.72. The van der Waals surface area contributed by atoms with Gasteiger partial charge < -0.3 is 9.47 Å². The van der Waals surface area contributed by atoms with Gasteiger partial charge in [-0.1, -0.05) is 11.6 Å². The van der Waals surface area contributed by atoms with Crippen molar-refractivity contribution in [3.8, 4) is 11.5 Å². The van der Waals surface area contributed by atoms with E-state index < -0.39 is 0 Å². The maximum atomic E-state index is 11.8. The monoisotopic (exact) mass is 260 g/mol. The fourth-order valence-electron chi connectivity index (χ4n) is 2.19. The molecule has 0 radical (unpaired) electrons. The van der Waals surface area contributed by atoms with Crippen LogP contribution >= 0.6 is 0 Å². The van der Waals surface area contributed by atoms with Gasteiger partial charge in [0.15, 0.2) is 0 Å². The van der Waals surface area contributed by atoms with Crippen molar-refractivity contribution in [1.82, 2.24) is 0 Å². The quantitative estimate of drug-likeness (QED) is 0.439.